The van der Waals surface area contributed by atoms with Crippen molar-refractivity contribution in [1.82, 2.24) is 10.6 Å². The zero-order valence-electron chi connectivity index (χ0n) is 10.2. The van der Waals surface area contributed by atoms with Gasteiger partial charge in [-0.15, -0.1) is 0 Å². The molecule has 0 aromatic rings. The summed E-state index contributed by atoms with van der Waals surface area (Å²) >= 11 is 1.71. The molecule has 1 aliphatic heterocycles. The number of nitrogens with one attached hydrogen (secondary N) is 2. The maximum absolute atomic E-state index is 11.8. The molecule has 0 aromatic carbocycles. The van der Waals surface area contributed by atoms with Crippen LogP contribution in [0.2, 0.25) is 0 Å². The van der Waals surface area contributed by atoms with Crippen LogP contribution in [0.5, 0.6) is 0 Å². The van der Waals surface area contributed by atoms with Crippen LogP contribution in [-0.4, -0.2) is 47.1 Å². The number of carbonyl (C=O) groups excluding carboxylic acids is 1. The van der Waals surface area contributed by atoms with Gasteiger partial charge >= 0.3 is 5.97 Å². The minimum Gasteiger partial charge on any atom is -0.480 e. The van der Waals surface area contributed by atoms with Gasteiger partial charge in [0.1, 0.15) is 6.04 Å². The van der Waals surface area contributed by atoms with E-state index >= 15 is 0 Å². The van der Waals surface area contributed by atoms with E-state index in [1.54, 1.807) is 11.8 Å². The summed E-state index contributed by atoms with van der Waals surface area (Å²) < 4.78 is 0. The van der Waals surface area contributed by atoms with Crippen molar-refractivity contribution in [2.75, 3.05) is 18.1 Å². The topological polar surface area (TPSA) is 78.4 Å². The second-order valence-electron chi connectivity index (χ2n) is 4.61. The molecule has 1 aliphatic rings. The molecule has 0 aliphatic carbocycles. The molecule has 1 heterocycles. The van der Waals surface area contributed by atoms with Gasteiger partial charge in [-0.05, 0) is 12.3 Å². The summed E-state index contributed by atoms with van der Waals surface area (Å²) in [4.78, 5) is 22.9. The lowest BCUT2D eigenvalue weighted by atomic mass is 10.0. The second-order valence-corrected chi connectivity index (χ2v) is 5.76. The Balaban J connectivity index is 2.47. The van der Waals surface area contributed by atoms with E-state index in [9.17, 15) is 9.59 Å². The van der Waals surface area contributed by atoms with Crippen molar-refractivity contribution in [1.29, 1.82) is 0 Å². The number of carboxylic acids is 1. The molecule has 0 aromatic heterocycles. The number of thioether (sulfide) groups is 1. The molecule has 0 radical (unpaired) electrons. The summed E-state index contributed by atoms with van der Waals surface area (Å²) in [5.41, 5.74) is 0. The van der Waals surface area contributed by atoms with Crippen molar-refractivity contribution in [2.24, 2.45) is 5.92 Å². The van der Waals surface area contributed by atoms with E-state index < -0.39 is 12.0 Å². The predicted octanol–water partition coefficient (Wildman–Crippen LogP) is 0.307. The van der Waals surface area contributed by atoms with Crippen LogP contribution in [0, 0.1) is 5.92 Å². The molecule has 2 atom stereocenters. The average Bonchev–Trinajstić information content (AvgIpc) is 2.28. The number of amides is 1. The maximum atomic E-state index is 11.8. The number of rotatable bonds is 5. The number of aliphatic carboxylic acids is 1. The summed E-state index contributed by atoms with van der Waals surface area (Å²) in [6.45, 7) is 4.68. The molecule has 6 heteroatoms. The Bertz CT molecular complexity index is 278. The minimum atomic E-state index is -0.962. The molecule has 1 unspecified atom stereocenters. The first kappa shape index (κ1) is 14.3. The van der Waals surface area contributed by atoms with E-state index in [-0.39, 0.29) is 17.9 Å². The number of hydrogen-bond donors (Lipinski definition) is 3. The standard InChI is InChI=1S/C11H20N2O3S/c1-7(2)5-8(11(15)16)13-10(14)9-6-17-4-3-12-9/h7-9,12H,3-6H2,1-2H3,(H,13,14)(H,15,16)/t8-,9?/m1/s1. The highest BCUT2D eigenvalue weighted by Gasteiger charge is 2.26. The Hall–Kier alpha value is -0.750. The first-order chi connectivity index (χ1) is 8.00. The molecule has 1 saturated heterocycles. The molecule has 1 fully saturated rings. The van der Waals surface area contributed by atoms with E-state index in [2.05, 4.69) is 10.6 Å². The Labute approximate surface area is 106 Å². The van der Waals surface area contributed by atoms with Gasteiger partial charge in [0.15, 0.2) is 0 Å². The summed E-state index contributed by atoms with van der Waals surface area (Å²) in [5.74, 6) is 0.781. The molecule has 0 bridgehead atoms. The molecular formula is C11H20N2O3S. The number of carboxylic acid groups (broad SMARTS) is 1. The molecule has 5 nitrogen and oxygen atoms in total. The van der Waals surface area contributed by atoms with Crippen molar-refractivity contribution in [3.05, 3.63) is 0 Å². The molecule has 1 amide bonds. The van der Waals surface area contributed by atoms with Crippen LogP contribution in [0.25, 0.3) is 0 Å². The third kappa shape index (κ3) is 4.95. The lowest BCUT2D eigenvalue weighted by molar-refractivity contribution is -0.142. The first-order valence-electron chi connectivity index (χ1n) is 5.85. The Morgan fingerprint density at radius 3 is 2.71 bits per heavy atom. The zero-order chi connectivity index (χ0) is 12.8. The van der Waals surface area contributed by atoms with Crippen molar-refractivity contribution >= 4 is 23.6 Å². The van der Waals surface area contributed by atoms with Crippen molar-refractivity contribution in [3.8, 4) is 0 Å². The summed E-state index contributed by atoms with van der Waals surface area (Å²) in [7, 11) is 0. The molecule has 1 rings (SSSR count). The smallest absolute Gasteiger partial charge is 0.326 e. The fraction of sp³-hybridized carbons (Fsp3) is 0.818. The fourth-order valence-electron chi connectivity index (χ4n) is 1.70. The average molecular weight is 260 g/mol. The molecule has 0 saturated carbocycles. The second kappa shape index (κ2) is 6.86. The van der Waals surface area contributed by atoms with E-state index in [1.807, 2.05) is 13.8 Å². The molecular weight excluding hydrogens is 240 g/mol. The first-order valence-corrected chi connectivity index (χ1v) is 7.00. The highest BCUT2D eigenvalue weighted by atomic mass is 32.2. The van der Waals surface area contributed by atoms with Gasteiger partial charge in [-0.2, -0.15) is 11.8 Å². The third-order valence-corrected chi connectivity index (χ3v) is 3.62. The van der Waals surface area contributed by atoms with Crippen LogP contribution >= 0.6 is 11.8 Å². The van der Waals surface area contributed by atoms with Crippen molar-refractivity contribution in [2.45, 2.75) is 32.4 Å². The Kier molecular flexibility index (Phi) is 5.77. The van der Waals surface area contributed by atoms with Gasteiger partial charge in [-0.1, -0.05) is 13.8 Å². The van der Waals surface area contributed by atoms with Gasteiger partial charge in [0, 0.05) is 18.1 Å². The summed E-state index contributed by atoms with van der Waals surface area (Å²) in [6, 6.07) is -1.04. The number of hydrogen-bond acceptors (Lipinski definition) is 4. The van der Waals surface area contributed by atoms with Gasteiger partial charge in [0.05, 0.1) is 6.04 Å². The van der Waals surface area contributed by atoms with Crippen LogP contribution in [0.15, 0.2) is 0 Å². The molecule has 98 valence electrons. The van der Waals surface area contributed by atoms with E-state index in [0.29, 0.717) is 12.2 Å². The Morgan fingerprint density at radius 2 is 2.24 bits per heavy atom. The fourth-order valence-corrected chi connectivity index (χ4v) is 2.63. The monoisotopic (exact) mass is 260 g/mol. The van der Waals surface area contributed by atoms with E-state index in [4.69, 9.17) is 5.11 Å². The van der Waals surface area contributed by atoms with Crippen molar-refractivity contribution < 1.29 is 14.7 Å². The highest BCUT2D eigenvalue weighted by Crippen LogP contribution is 2.09. The summed E-state index contributed by atoms with van der Waals surface area (Å²) in [5, 5.41) is 14.7. The third-order valence-electron chi connectivity index (χ3n) is 2.56. The van der Waals surface area contributed by atoms with Gasteiger partial charge in [-0.3, -0.25) is 4.79 Å². The summed E-state index contributed by atoms with van der Waals surface area (Å²) in [6.07, 6.45) is 0.459. The molecule has 3 N–H and O–H groups in total. The van der Waals surface area contributed by atoms with Crippen LogP contribution in [0.4, 0.5) is 0 Å². The highest BCUT2D eigenvalue weighted by molar-refractivity contribution is 7.99. The Morgan fingerprint density at radius 1 is 1.53 bits per heavy atom. The number of carbonyl (C=O) groups is 2. The molecule has 0 spiro atoms. The minimum absolute atomic E-state index is 0.203. The SMILES string of the molecule is CC(C)C[C@@H](NC(=O)C1CSCCN1)C(=O)O. The van der Waals surface area contributed by atoms with Gasteiger partial charge < -0.3 is 15.7 Å². The van der Waals surface area contributed by atoms with E-state index in [0.717, 1.165) is 12.3 Å². The lowest BCUT2D eigenvalue weighted by Gasteiger charge is -2.24. The van der Waals surface area contributed by atoms with Crippen LogP contribution < -0.4 is 10.6 Å². The quantitative estimate of drug-likeness (QED) is 0.663. The molecule has 17 heavy (non-hydrogen) atoms. The normalized spacial score (nSPS) is 22.2. The maximum Gasteiger partial charge on any atom is 0.326 e. The van der Waals surface area contributed by atoms with Crippen LogP contribution in [0.1, 0.15) is 20.3 Å². The van der Waals surface area contributed by atoms with E-state index in [1.165, 1.54) is 0 Å². The van der Waals surface area contributed by atoms with Gasteiger partial charge in [0.25, 0.3) is 0 Å². The van der Waals surface area contributed by atoms with Gasteiger partial charge in [0.2, 0.25) is 5.91 Å². The lowest BCUT2D eigenvalue weighted by Crippen LogP contribution is -2.53. The van der Waals surface area contributed by atoms with Crippen LogP contribution in [-0.2, 0) is 9.59 Å². The zero-order valence-corrected chi connectivity index (χ0v) is 11.0. The van der Waals surface area contributed by atoms with Crippen molar-refractivity contribution in [3.63, 3.8) is 0 Å². The largest absolute Gasteiger partial charge is 0.480 e. The van der Waals surface area contributed by atoms with Crippen LogP contribution in [0.3, 0.4) is 0 Å². The van der Waals surface area contributed by atoms with Gasteiger partial charge in [-0.25, -0.2) is 4.79 Å². The predicted molar refractivity (Wildman–Crippen MR) is 68.1 cm³/mol.